The van der Waals surface area contributed by atoms with E-state index in [4.69, 9.17) is 32.7 Å². The first kappa shape index (κ1) is 23.2. The van der Waals surface area contributed by atoms with E-state index >= 15 is 0 Å². The molecule has 1 unspecified atom stereocenters. The largest absolute Gasteiger partial charge is 0.497 e. The predicted octanol–water partition coefficient (Wildman–Crippen LogP) is 5.48. The van der Waals surface area contributed by atoms with Gasteiger partial charge in [0.1, 0.15) is 11.5 Å². The number of anilines is 1. The molecule has 1 N–H and O–H groups in total. The summed E-state index contributed by atoms with van der Waals surface area (Å²) in [4.78, 5) is 12.4. The third-order valence-electron chi connectivity index (χ3n) is 4.33. The molecule has 1 amide bonds. The maximum Gasteiger partial charge on any atom is 0.234 e. The number of nitrogens with one attached hydrogen (secondary N) is 1. The maximum atomic E-state index is 12.4. The molecule has 0 bridgehead atoms. The van der Waals surface area contributed by atoms with Crippen LogP contribution in [0, 0.1) is 0 Å². The van der Waals surface area contributed by atoms with Crippen molar-refractivity contribution in [2.24, 2.45) is 0 Å². The van der Waals surface area contributed by atoms with Crippen molar-refractivity contribution in [2.75, 3.05) is 18.2 Å². The molecular weight excluding hydrogens is 459 g/mol. The van der Waals surface area contributed by atoms with Gasteiger partial charge in [-0.1, -0.05) is 35.0 Å². The Kier molecular flexibility index (Phi) is 8.06. The fourth-order valence-corrected chi connectivity index (χ4v) is 3.97. The van der Waals surface area contributed by atoms with Crippen LogP contribution in [-0.2, 0) is 11.3 Å². The van der Waals surface area contributed by atoms with E-state index in [-0.39, 0.29) is 17.8 Å². The van der Waals surface area contributed by atoms with Crippen LogP contribution in [0.4, 0.5) is 5.69 Å². The molecule has 0 aliphatic heterocycles. The van der Waals surface area contributed by atoms with Crippen LogP contribution in [0.2, 0.25) is 10.0 Å². The van der Waals surface area contributed by atoms with Crippen molar-refractivity contribution in [3.63, 3.8) is 0 Å². The molecule has 1 aromatic heterocycles. The quantitative estimate of drug-likeness (QED) is 0.408. The lowest BCUT2D eigenvalue weighted by atomic mass is 10.3. The molecule has 0 radical (unpaired) electrons. The molecule has 10 heteroatoms. The number of halogens is 2. The number of aromatic nitrogens is 3. The number of methoxy groups -OCH3 is 1. The lowest BCUT2D eigenvalue weighted by Crippen LogP contribution is -2.15. The molecule has 3 rings (SSSR count). The van der Waals surface area contributed by atoms with Crippen LogP contribution in [0.15, 0.2) is 47.6 Å². The zero-order valence-electron chi connectivity index (χ0n) is 17.3. The van der Waals surface area contributed by atoms with Crippen LogP contribution in [-0.4, -0.2) is 33.5 Å². The normalized spacial score (nSPS) is 11.8. The van der Waals surface area contributed by atoms with Gasteiger partial charge in [0.05, 0.1) is 23.6 Å². The molecule has 0 aliphatic rings. The van der Waals surface area contributed by atoms with Crippen molar-refractivity contribution < 1.29 is 14.3 Å². The Balaban J connectivity index is 1.63. The highest BCUT2D eigenvalue weighted by Gasteiger charge is 2.19. The minimum Gasteiger partial charge on any atom is -0.497 e. The Bertz CT molecular complexity index is 1040. The Morgan fingerprint density at radius 3 is 2.55 bits per heavy atom. The van der Waals surface area contributed by atoms with Gasteiger partial charge in [-0.3, -0.25) is 4.79 Å². The van der Waals surface area contributed by atoms with E-state index in [1.165, 1.54) is 11.8 Å². The first-order valence-corrected chi connectivity index (χ1v) is 11.3. The Morgan fingerprint density at radius 2 is 1.87 bits per heavy atom. The van der Waals surface area contributed by atoms with Gasteiger partial charge >= 0.3 is 0 Å². The van der Waals surface area contributed by atoms with Crippen LogP contribution in [0.1, 0.15) is 25.8 Å². The first-order chi connectivity index (χ1) is 14.9. The Labute approximate surface area is 195 Å². The fraction of sp³-hybridized carbons (Fsp3) is 0.286. The molecule has 2 aromatic carbocycles. The second-order valence-electron chi connectivity index (χ2n) is 6.48. The second kappa shape index (κ2) is 10.7. The van der Waals surface area contributed by atoms with E-state index in [1.807, 2.05) is 42.7 Å². The van der Waals surface area contributed by atoms with Crippen molar-refractivity contribution >= 4 is 46.6 Å². The molecule has 1 heterocycles. The van der Waals surface area contributed by atoms with Crippen molar-refractivity contribution in [3.05, 3.63) is 58.3 Å². The van der Waals surface area contributed by atoms with Gasteiger partial charge in [0, 0.05) is 11.6 Å². The van der Waals surface area contributed by atoms with Crippen LogP contribution < -0.4 is 14.8 Å². The summed E-state index contributed by atoms with van der Waals surface area (Å²) in [5.74, 6) is 2.07. The summed E-state index contributed by atoms with van der Waals surface area (Å²) < 4.78 is 13.1. The summed E-state index contributed by atoms with van der Waals surface area (Å²) >= 11 is 13.4. The molecule has 0 fully saturated rings. The summed E-state index contributed by atoms with van der Waals surface area (Å²) in [5, 5.41) is 12.8. The molecule has 0 spiro atoms. The third-order valence-corrected chi connectivity index (χ3v) is 5.86. The monoisotopic (exact) mass is 480 g/mol. The van der Waals surface area contributed by atoms with Crippen molar-refractivity contribution in [1.82, 2.24) is 14.8 Å². The van der Waals surface area contributed by atoms with Gasteiger partial charge in [0.25, 0.3) is 0 Å². The molecule has 3 aromatic rings. The van der Waals surface area contributed by atoms with Gasteiger partial charge in [0.2, 0.25) is 5.91 Å². The smallest absolute Gasteiger partial charge is 0.234 e. The fourth-order valence-electron chi connectivity index (χ4n) is 2.83. The summed E-state index contributed by atoms with van der Waals surface area (Å²) in [6.45, 7) is 4.54. The van der Waals surface area contributed by atoms with Gasteiger partial charge in [-0.25, -0.2) is 0 Å². The Morgan fingerprint density at radius 1 is 1.16 bits per heavy atom. The number of benzene rings is 2. The molecular formula is C21H22Cl2N4O3S. The average Bonchev–Trinajstić information content (AvgIpc) is 3.18. The van der Waals surface area contributed by atoms with Gasteiger partial charge in [0.15, 0.2) is 17.1 Å². The standard InChI is InChI=1S/C21H22Cl2N4O3S/c1-4-27-20(13(2)30-16-8-6-15(29-3)7-9-16)25-26-21(27)31-12-19(28)24-18-11-14(22)5-10-17(18)23/h5-11,13H,4,12H2,1-3H3,(H,24,28). The first-order valence-electron chi connectivity index (χ1n) is 9.52. The number of nitrogens with zero attached hydrogens (tertiary/aromatic N) is 3. The summed E-state index contributed by atoms with van der Waals surface area (Å²) in [6, 6.07) is 12.2. The Hall–Kier alpha value is -2.42. The van der Waals surface area contributed by atoms with E-state index in [9.17, 15) is 4.79 Å². The summed E-state index contributed by atoms with van der Waals surface area (Å²) in [6.07, 6.45) is -0.325. The van der Waals surface area contributed by atoms with E-state index in [0.29, 0.717) is 39.0 Å². The number of rotatable bonds is 9. The number of thioether (sulfide) groups is 1. The van der Waals surface area contributed by atoms with E-state index < -0.39 is 0 Å². The maximum absolute atomic E-state index is 12.4. The lowest BCUT2D eigenvalue weighted by molar-refractivity contribution is -0.113. The second-order valence-corrected chi connectivity index (χ2v) is 8.27. The highest BCUT2D eigenvalue weighted by atomic mass is 35.5. The third kappa shape index (κ3) is 6.06. The van der Waals surface area contributed by atoms with Gasteiger partial charge in [-0.2, -0.15) is 0 Å². The van der Waals surface area contributed by atoms with E-state index in [0.717, 1.165) is 5.75 Å². The van der Waals surface area contributed by atoms with E-state index in [2.05, 4.69) is 15.5 Å². The number of carbonyl (C=O) groups excluding carboxylic acids is 1. The van der Waals surface area contributed by atoms with Crippen LogP contribution in [0.25, 0.3) is 0 Å². The topological polar surface area (TPSA) is 78.3 Å². The van der Waals surface area contributed by atoms with Crippen molar-refractivity contribution in [2.45, 2.75) is 31.7 Å². The van der Waals surface area contributed by atoms with Crippen molar-refractivity contribution in [1.29, 1.82) is 0 Å². The molecule has 164 valence electrons. The highest BCUT2D eigenvalue weighted by Crippen LogP contribution is 2.28. The number of ether oxygens (including phenoxy) is 2. The number of hydrogen-bond acceptors (Lipinski definition) is 6. The minimum atomic E-state index is -0.325. The summed E-state index contributed by atoms with van der Waals surface area (Å²) in [7, 11) is 1.62. The highest BCUT2D eigenvalue weighted by molar-refractivity contribution is 7.99. The number of amides is 1. The van der Waals surface area contributed by atoms with Gasteiger partial charge < -0.3 is 19.4 Å². The minimum absolute atomic E-state index is 0.148. The number of hydrogen-bond donors (Lipinski definition) is 1. The van der Waals surface area contributed by atoms with Crippen molar-refractivity contribution in [3.8, 4) is 11.5 Å². The molecule has 0 aliphatic carbocycles. The summed E-state index contributed by atoms with van der Waals surface area (Å²) in [5.41, 5.74) is 0.471. The predicted molar refractivity (Wildman–Crippen MR) is 124 cm³/mol. The SMILES string of the molecule is CCn1c(SCC(=O)Nc2cc(Cl)ccc2Cl)nnc1C(C)Oc1ccc(OC)cc1. The zero-order valence-corrected chi connectivity index (χ0v) is 19.6. The van der Waals surface area contributed by atoms with Gasteiger partial charge in [-0.05, 0) is 56.3 Å². The molecule has 1 atom stereocenters. The molecule has 31 heavy (non-hydrogen) atoms. The van der Waals surface area contributed by atoms with Crippen LogP contribution in [0.5, 0.6) is 11.5 Å². The number of carbonyl (C=O) groups is 1. The average molecular weight is 481 g/mol. The lowest BCUT2D eigenvalue weighted by Gasteiger charge is -2.16. The van der Waals surface area contributed by atoms with Crippen LogP contribution in [0.3, 0.4) is 0 Å². The zero-order chi connectivity index (χ0) is 22.4. The van der Waals surface area contributed by atoms with Gasteiger partial charge in [-0.15, -0.1) is 10.2 Å². The molecule has 0 saturated carbocycles. The van der Waals surface area contributed by atoms with Crippen LogP contribution >= 0.6 is 35.0 Å². The molecule has 0 saturated heterocycles. The van der Waals surface area contributed by atoms with E-state index in [1.54, 1.807) is 25.3 Å². The molecule has 7 nitrogen and oxygen atoms in total.